The van der Waals surface area contributed by atoms with Crippen LogP contribution in [0.5, 0.6) is 0 Å². The minimum atomic E-state index is -0.571. The topological polar surface area (TPSA) is 64.4 Å². The van der Waals surface area contributed by atoms with Crippen molar-refractivity contribution in [3.8, 4) is 0 Å². The lowest BCUT2D eigenvalue weighted by Crippen LogP contribution is -2.47. The van der Waals surface area contributed by atoms with Gasteiger partial charge in [-0.2, -0.15) is 5.10 Å². The smallest absolute Gasteiger partial charge is 0.157 e. The van der Waals surface area contributed by atoms with Crippen LogP contribution >= 0.6 is 0 Å². The Kier molecular flexibility index (Phi) is 6.08. The van der Waals surface area contributed by atoms with Crippen molar-refractivity contribution in [2.24, 2.45) is 40.4 Å². The summed E-state index contributed by atoms with van der Waals surface area (Å²) in [6.07, 6.45) is 12.7. The van der Waals surface area contributed by atoms with Gasteiger partial charge in [0.25, 0.3) is 0 Å². The van der Waals surface area contributed by atoms with E-state index >= 15 is 0 Å². The summed E-state index contributed by atoms with van der Waals surface area (Å²) >= 11 is 0. The van der Waals surface area contributed by atoms with E-state index in [-0.39, 0.29) is 29.0 Å². The van der Waals surface area contributed by atoms with E-state index in [1.807, 2.05) is 30.9 Å². The maximum atomic E-state index is 13.4. The Morgan fingerprint density at radius 2 is 1.88 bits per heavy atom. The number of Topliss-reactive ketones (excluding diaryl/α,β-unsaturated/α-hetero) is 1. The number of nitrogens with zero attached hydrogens (tertiary/aromatic N) is 2. The van der Waals surface area contributed by atoms with Gasteiger partial charge < -0.3 is 9.84 Å². The fraction of sp³-hybridized carbons (Fsp3) is 0.862. The van der Waals surface area contributed by atoms with E-state index < -0.39 is 5.60 Å². The number of hydrogen-bond donors (Lipinski definition) is 1. The van der Waals surface area contributed by atoms with Crippen molar-refractivity contribution in [1.82, 2.24) is 9.78 Å². The number of aromatic nitrogens is 2. The molecule has 5 nitrogen and oxygen atoms in total. The van der Waals surface area contributed by atoms with Crippen molar-refractivity contribution in [2.75, 3.05) is 0 Å². The molecule has 1 saturated heterocycles. The Balaban J connectivity index is 1.33. The number of fused-ring (bicyclic) bond motifs is 2. The predicted octanol–water partition coefficient (Wildman–Crippen LogP) is 5.57. The summed E-state index contributed by atoms with van der Waals surface area (Å²) in [5.41, 5.74) is 0.791. The van der Waals surface area contributed by atoms with Gasteiger partial charge in [-0.1, -0.05) is 20.8 Å². The second-order valence-corrected chi connectivity index (χ2v) is 13.5. The molecule has 5 rings (SSSR count). The van der Waals surface area contributed by atoms with Crippen LogP contribution in [0.2, 0.25) is 0 Å². The molecule has 4 fully saturated rings. The molecular weight excluding hydrogens is 424 g/mol. The van der Waals surface area contributed by atoms with Gasteiger partial charge in [-0.15, -0.1) is 0 Å². The molecule has 190 valence electrons. The third kappa shape index (κ3) is 3.99. The second-order valence-electron chi connectivity index (χ2n) is 13.5. The standard InChI is InChI=1S/C29H46N2O3/c1-18-15-30-31(16-18)17-25(32)23-8-7-22-21(19(2)9-10-29(22,23)6)13-26-24-14-27(4,33)11-12-28(24,5)20(3)34-26/h15-16,19-24,26,33H,7-14,17H2,1-6H3/t19?,20-,21-,22+,23-,24?,26-,27-,28?,29+/m1/s1. The lowest BCUT2D eigenvalue weighted by molar-refractivity contribution is -0.129. The summed E-state index contributed by atoms with van der Waals surface area (Å²) in [5.74, 6) is 2.77. The molecule has 10 atom stereocenters. The monoisotopic (exact) mass is 470 g/mol. The average Bonchev–Trinajstić information content (AvgIpc) is 3.40. The number of hydrogen-bond acceptors (Lipinski definition) is 4. The minimum Gasteiger partial charge on any atom is -0.390 e. The van der Waals surface area contributed by atoms with Crippen LogP contribution in [0.3, 0.4) is 0 Å². The number of rotatable bonds is 5. The summed E-state index contributed by atoms with van der Waals surface area (Å²) in [7, 11) is 0. The first-order chi connectivity index (χ1) is 15.9. The number of aryl methyl sites for hydroxylation is 1. The minimum absolute atomic E-state index is 0.0854. The van der Waals surface area contributed by atoms with E-state index in [1.54, 1.807) is 0 Å². The van der Waals surface area contributed by atoms with Gasteiger partial charge in [-0.25, -0.2) is 0 Å². The van der Waals surface area contributed by atoms with Gasteiger partial charge in [0.05, 0.1) is 30.6 Å². The fourth-order valence-corrected chi connectivity index (χ4v) is 8.82. The fourth-order valence-electron chi connectivity index (χ4n) is 8.82. The Labute approximate surface area is 206 Å². The van der Waals surface area contributed by atoms with E-state index in [1.165, 1.54) is 6.42 Å². The van der Waals surface area contributed by atoms with Gasteiger partial charge in [-0.3, -0.25) is 9.48 Å². The number of aliphatic hydroxyl groups is 1. The van der Waals surface area contributed by atoms with Crippen molar-refractivity contribution >= 4 is 5.78 Å². The van der Waals surface area contributed by atoms with E-state index in [2.05, 4.69) is 32.8 Å². The zero-order chi connectivity index (χ0) is 24.5. The molecule has 3 aliphatic carbocycles. The molecule has 0 spiro atoms. The molecule has 1 aromatic heterocycles. The number of carbonyl (C=O) groups excluding carboxylic acids is 1. The van der Waals surface area contributed by atoms with Crippen LogP contribution in [-0.2, 0) is 16.1 Å². The molecular formula is C29H46N2O3. The molecule has 34 heavy (non-hydrogen) atoms. The summed E-state index contributed by atoms with van der Waals surface area (Å²) in [5, 5.41) is 15.3. The number of ether oxygens (including phenoxy) is 1. The lowest BCUT2D eigenvalue weighted by atomic mass is 9.55. The molecule has 1 N–H and O–H groups in total. The third-order valence-electron chi connectivity index (χ3n) is 11.2. The quantitative estimate of drug-likeness (QED) is 0.611. The molecule has 1 aliphatic heterocycles. The first-order valence-electron chi connectivity index (χ1n) is 13.8. The van der Waals surface area contributed by atoms with E-state index in [4.69, 9.17) is 4.74 Å². The van der Waals surface area contributed by atoms with Crippen molar-refractivity contribution in [3.05, 3.63) is 18.0 Å². The molecule has 1 aromatic rings. The molecule has 0 amide bonds. The molecule has 0 radical (unpaired) electrons. The lowest BCUT2D eigenvalue weighted by Gasteiger charge is -2.49. The number of carbonyl (C=O) groups is 1. The van der Waals surface area contributed by atoms with Crippen LogP contribution in [-0.4, -0.2) is 38.5 Å². The molecule has 0 aromatic carbocycles. The van der Waals surface area contributed by atoms with Crippen LogP contribution in [0.25, 0.3) is 0 Å². The Hall–Kier alpha value is -1.20. The van der Waals surface area contributed by atoms with E-state index in [9.17, 15) is 9.90 Å². The summed E-state index contributed by atoms with van der Waals surface area (Å²) in [4.78, 5) is 13.4. The highest BCUT2D eigenvalue weighted by Crippen LogP contribution is 2.62. The van der Waals surface area contributed by atoms with Gasteiger partial charge in [0.15, 0.2) is 5.78 Å². The van der Waals surface area contributed by atoms with Crippen LogP contribution in [0.1, 0.15) is 91.5 Å². The Morgan fingerprint density at radius 1 is 1.12 bits per heavy atom. The zero-order valence-corrected chi connectivity index (χ0v) is 22.2. The van der Waals surface area contributed by atoms with Gasteiger partial charge in [-0.05, 0) is 112 Å². The second kappa shape index (κ2) is 8.44. The summed E-state index contributed by atoms with van der Waals surface area (Å²) in [6, 6.07) is 0. The van der Waals surface area contributed by atoms with Crippen LogP contribution in [0.4, 0.5) is 0 Å². The zero-order valence-electron chi connectivity index (χ0n) is 22.2. The van der Waals surface area contributed by atoms with Crippen molar-refractivity contribution in [3.63, 3.8) is 0 Å². The maximum absolute atomic E-state index is 13.4. The van der Waals surface area contributed by atoms with Gasteiger partial charge >= 0.3 is 0 Å². The van der Waals surface area contributed by atoms with Crippen LogP contribution in [0, 0.1) is 47.3 Å². The van der Waals surface area contributed by atoms with Crippen LogP contribution < -0.4 is 0 Å². The van der Waals surface area contributed by atoms with Crippen LogP contribution in [0.15, 0.2) is 12.4 Å². The van der Waals surface area contributed by atoms with Gasteiger partial charge in [0.2, 0.25) is 0 Å². The number of ketones is 1. The first-order valence-corrected chi connectivity index (χ1v) is 13.8. The Morgan fingerprint density at radius 3 is 2.59 bits per heavy atom. The first kappa shape index (κ1) is 24.5. The normalized spacial score (nSPS) is 48.5. The van der Waals surface area contributed by atoms with Crippen molar-refractivity contribution < 1.29 is 14.6 Å². The molecule has 0 bridgehead atoms. The Bertz CT molecular complexity index is 924. The van der Waals surface area contributed by atoms with Gasteiger partial charge in [0.1, 0.15) is 0 Å². The molecule has 3 saturated carbocycles. The molecule has 5 heteroatoms. The van der Waals surface area contributed by atoms with E-state index in [0.717, 1.165) is 50.5 Å². The highest BCUT2D eigenvalue weighted by Gasteiger charge is 2.59. The van der Waals surface area contributed by atoms with Crippen molar-refractivity contribution in [2.45, 2.75) is 117 Å². The summed E-state index contributed by atoms with van der Waals surface area (Å²) in [6.45, 7) is 13.9. The van der Waals surface area contributed by atoms with Crippen molar-refractivity contribution in [1.29, 1.82) is 0 Å². The average molecular weight is 471 g/mol. The predicted molar refractivity (Wildman–Crippen MR) is 133 cm³/mol. The third-order valence-corrected chi connectivity index (χ3v) is 11.2. The maximum Gasteiger partial charge on any atom is 0.157 e. The highest BCUT2D eigenvalue weighted by molar-refractivity contribution is 5.82. The van der Waals surface area contributed by atoms with E-state index in [0.29, 0.717) is 36.0 Å². The molecule has 4 aliphatic rings. The highest BCUT2D eigenvalue weighted by atomic mass is 16.5. The molecule has 3 unspecified atom stereocenters. The largest absolute Gasteiger partial charge is 0.390 e. The summed E-state index contributed by atoms with van der Waals surface area (Å²) < 4.78 is 8.52. The SMILES string of the molecule is Cc1cnn(CC(=O)[C@H]2CC[C@H]3[C@H](C[C@H]4O[C@H](C)C5(C)CC[C@@](C)(O)CC45)C(C)CC[C@]23C)c1. The van der Waals surface area contributed by atoms with Gasteiger partial charge in [0, 0.05) is 12.1 Å². The molecule has 2 heterocycles.